The van der Waals surface area contributed by atoms with Gasteiger partial charge in [-0.25, -0.2) is 13.2 Å². The van der Waals surface area contributed by atoms with Crippen molar-refractivity contribution in [2.45, 2.75) is 43.8 Å². The molecule has 1 N–H and O–H groups in total. The summed E-state index contributed by atoms with van der Waals surface area (Å²) < 4.78 is 37.6. The number of benzene rings is 1. The number of sulfonamides is 1. The lowest BCUT2D eigenvalue weighted by Gasteiger charge is -2.32. The lowest BCUT2D eigenvalue weighted by molar-refractivity contribution is -0.0168. The molecule has 2 aromatic rings. The fourth-order valence-corrected chi connectivity index (χ4v) is 4.31. The van der Waals surface area contributed by atoms with Crippen molar-refractivity contribution in [3.8, 4) is 0 Å². The van der Waals surface area contributed by atoms with Crippen LogP contribution in [0.15, 0.2) is 32.3 Å². The van der Waals surface area contributed by atoms with Gasteiger partial charge in [0.25, 0.3) is 0 Å². The summed E-state index contributed by atoms with van der Waals surface area (Å²) in [4.78, 5) is 13.8. The molecule has 1 aliphatic heterocycles. The molecule has 0 saturated carbocycles. The molecular formula is C15H20N2O5S. The van der Waals surface area contributed by atoms with Gasteiger partial charge in [-0.1, -0.05) is 0 Å². The van der Waals surface area contributed by atoms with Gasteiger partial charge in [-0.2, -0.15) is 4.31 Å². The van der Waals surface area contributed by atoms with Gasteiger partial charge in [-0.15, -0.1) is 0 Å². The summed E-state index contributed by atoms with van der Waals surface area (Å²) in [7, 11) is -3.59. The van der Waals surface area contributed by atoms with Crippen LogP contribution in [-0.2, 0) is 14.8 Å². The summed E-state index contributed by atoms with van der Waals surface area (Å²) in [6.45, 7) is 4.80. The van der Waals surface area contributed by atoms with Crippen LogP contribution in [0.2, 0.25) is 0 Å². The topological polar surface area (TPSA) is 92.6 Å². The zero-order valence-electron chi connectivity index (χ0n) is 13.1. The maximum absolute atomic E-state index is 12.7. The second-order valence-electron chi connectivity index (χ2n) is 5.96. The maximum atomic E-state index is 12.7. The Balaban J connectivity index is 1.79. The second kappa shape index (κ2) is 6.10. The molecule has 1 saturated heterocycles. The highest BCUT2D eigenvalue weighted by Crippen LogP contribution is 2.24. The van der Waals surface area contributed by atoms with Crippen molar-refractivity contribution in [2.24, 2.45) is 0 Å². The van der Waals surface area contributed by atoms with Crippen molar-refractivity contribution < 1.29 is 17.6 Å². The number of piperidine rings is 1. The third-order valence-corrected chi connectivity index (χ3v) is 5.79. The SMILES string of the molecule is CC(C)OC1CCN(S(=O)(=O)c2ccc3[nH]c(=O)oc3c2)CC1. The first-order chi connectivity index (χ1) is 10.9. The molecule has 0 amide bonds. The molecule has 0 radical (unpaired) electrons. The molecule has 1 aromatic carbocycles. The summed E-state index contributed by atoms with van der Waals surface area (Å²) in [5, 5.41) is 0. The van der Waals surface area contributed by atoms with Gasteiger partial charge in [-0.3, -0.25) is 4.98 Å². The Morgan fingerprint density at radius 2 is 2.00 bits per heavy atom. The molecule has 1 aromatic heterocycles. The van der Waals surface area contributed by atoms with Gasteiger partial charge >= 0.3 is 5.76 Å². The van der Waals surface area contributed by atoms with Gasteiger partial charge in [0.05, 0.1) is 22.6 Å². The van der Waals surface area contributed by atoms with E-state index >= 15 is 0 Å². The van der Waals surface area contributed by atoms with Crippen molar-refractivity contribution in [1.82, 2.24) is 9.29 Å². The fourth-order valence-electron chi connectivity index (χ4n) is 2.83. The smallest absolute Gasteiger partial charge is 0.408 e. The van der Waals surface area contributed by atoms with E-state index in [0.717, 1.165) is 0 Å². The first kappa shape index (κ1) is 16.2. The third kappa shape index (κ3) is 3.34. The largest absolute Gasteiger partial charge is 0.417 e. The van der Waals surface area contributed by atoms with Crippen molar-refractivity contribution in [1.29, 1.82) is 0 Å². The maximum Gasteiger partial charge on any atom is 0.417 e. The molecule has 0 bridgehead atoms. The molecule has 0 atom stereocenters. The average molecular weight is 340 g/mol. The molecule has 0 aliphatic carbocycles. The van der Waals surface area contributed by atoms with Crippen LogP contribution in [0.4, 0.5) is 0 Å². The number of nitrogens with one attached hydrogen (secondary N) is 1. The number of nitrogens with zero attached hydrogens (tertiary/aromatic N) is 1. The zero-order valence-corrected chi connectivity index (χ0v) is 13.9. The molecule has 0 spiro atoms. The summed E-state index contributed by atoms with van der Waals surface area (Å²) in [6, 6.07) is 4.42. The van der Waals surface area contributed by atoms with E-state index in [9.17, 15) is 13.2 Å². The molecule has 23 heavy (non-hydrogen) atoms. The Morgan fingerprint density at radius 1 is 1.30 bits per heavy atom. The molecule has 126 valence electrons. The van der Waals surface area contributed by atoms with E-state index in [1.165, 1.54) is 16.4 Å². The van der Waals surface area contributed by atoms with Crippen LogP contribution in [0.3, 0.4) is 0 Å². The van der Waals surface area contributed by atoms with E-state index in [2.05, 4.69) is 4.98 Å². The highest BCUT2D eigenvalue weighted by atomic mass is 32.2. The van der Waals surface area contributed by atoms with E-state index in [0.29, 0.717) is 31.4 Å². The lowest BCUT2D eigenvalue weighted by Crippen LogP contribution is -2.41. The lowest BCUT2D eigenvalue weighted by atomic mass is 10.1. The molecule has 8 heteroatoms. The molecule has 3 rings (SSSR count). The molecule has 2 heterocycles. The van der Waals surface area contributed by atoms with E-state index < -0.39 is 15.8 Å². The number of rotatable bonds is 4. The quantitative estimate of drug-likeness (QED) is 0.914. The Hall–Kier alpha value is -1.64. The summed E-state index contributed by atoms with van der Waals surface area (Å²) in [5.74, 6) is -0.596. The number of fused-ring (bicyclic) bond motifs is 1. The van der Waals surface area contributed by atoms with E-state index in [1.807, 2.05) is 13.8 Å². The molecule has 7 nitrogen and oxygen atoms in total. The zero-order chi connectivity index (χ0) is 16.6. The predicted molar refractivity (Wildman–Crippen MR) is 84.8 cm³/mol. The summed E-state index contributed by atoms with van der Waals surface area (Å²) >= 11 is 0. The first-order valence-electron chi connectivity index (χ1n) is 7.65. The summed E-state index contributed by atoms with van der Waals surface area (Å²) in [5.41, 5.74) is 0.729. The van der Waals surface area contributed by atoms with Crippen LogP contribution >= 0.6 is 0 Å². The van der Waals surface area contributed by atoms with Gasteiger partial charge in [0, 0.05) is 19.2 Å². The van der Waals surface area contributed by atoms with E-state index in [4.69, 9.17) is 9.15 Å². The van der Waals surface area contributed by atoms with Crippen LogP contribution < -0.4 is 5.76 Å². The van der Waals surface area contributed by atoms with Crippen LogP contribution in [-0.4, -0.2) is 43.0 Å². The second-order valence-corrected chi connectivity index (χ2v) is 7.90. The normalized spacial score (nSPS) is 18.0. The number of ether oxygens (including phenoxy) is 1. The van der Waals surface area contributed by atoms with Gasteiger partial charge in [0.1, 0.15) is 0 Å². The highest BCUT2D eigenvalue weighted by Gasteiger charge is 2.30. The van der Waals surface area contributed by atoms with Gasteiger partial charge in [0.15, 0.2) is 5.58 Å². The van der Waals surface area contributed by atoms with Gasteiger partial charge in [-0.05, 0) is 38.8 Å². The third-order valence-electron chi connectivity index (χ3n) is 3.90. The predicted octanol–water partition coefficient (Wildman–Crippen LogP) is 1.70. The number of H-pyrrole nitrogens is 1. The molecule has 1 fully saturated rings. The first-order valence-corrected chi connectivity index (χ1v) is 9.09. The Kier molecular flexibility index (Phi) is 4.31. The molecular weight excluding hydrogens is 320 g/mol. The minimum absolute atomic E-state index is 0.103. The minimum atomic E-state index is -3.59. The Labute approximate surface area is 134 Å². The Bertz CT molecular complexity index is 844. The van der Waals surface area contributed by atoms with Gasteiger partial charge < -0.3 is 9.15 Å². The van der Waals surface area contributed by atoms with Crippen molar-refractivity contribution in [2.75, 3.05) is 13.1 Å². The van der Waals surface area contributed by atoms with Crippen LogP contribution in [0.25, 0.3) is 11.1 Å². The van der Waals surface area contributed by atoms with Crippen LogP contribution in [0.5, 0.6) is 0 Å². The van der Waals surface area contributed by atoms with Crippen molar-refractivity contribution >= 4 is 21.1 Å². The number of aromatic amines is 1. The van der Waals surface area contributed by atoms with E-state index in [1.54, 1.807) is 6.07 Å². The summed E-state index contributed by atoms with van der Waals surface area (Å²) in [6.07, 6.45) is 1.60. The molecule has 0 unspecified atom stereocenters. The fraction of sp³-hybridized carbons (Fsp3) is 0.533. The number of hydrogen-bond donors (Lipinski definition) is 1. The number of oxazole rings is 1. The van der Waals surface area contributed by atoms with E-state index in [-0.39, 0.29) is 22.7 Å². The van der Waals surface area contributed by atoms with Crippen molar-refractivity contribution in [3.05, 3.63) is 28.7 Å². The van der Waals surface area contributed by atoms with Crippen LogP contribution in [0, 0.1) is 0 Å². The number of hydrogen-bond acceptors (Lipinski definition) is 5. The minimum Gasteiger partial charge on any atom is -0.408 e. The number of aromatic nitrogens is 1. The highest BCUT2D eigenvalue weighted by molar-refractivity contribution is 7.89. The monoisotopic (exact) mass is 340 g/mol. The standard InChI is InChI=1S/C15H20N2O5S/c1-10(2)21-11-5-7-17(8-6-11)23(19,20)12-3-4-13-14(9-12)22-15(18)16-13/h3-4,9-11H,5-8H2,1-2H3,(H,16,18). The van der Waals surface area contributed by atoms with Crippen LogP contribution in [0.1, 0.15) is 26.7 Å². The van der Waals surface area contributed by atoms with Gasteiger partial charge in [0.2, 0.25) is 10.0 Å². The average Bonchev–Trinajstić information content (AvgIpc) is 2.86. The molecule has 1 aliphatic rings. The van der Waals surface area contributed by atoms with Crippen molar-refractivity contribution in [3.63, 3.8) is 0 Å². The Morgan fingerprint density at radius 3 is 2.65 bits per heavy atom.